The monoisotopic (exact) mass is 209 g/mol. The van der Waals surface area contributed by atoms with Crippen molar-refractivity contribution in [2.45, 2.75) is 39.7 Å². The van der Waals surface area contributed by atoms with Crippen LogP contribution in [0.1, 0.15) is 38.7 Å². The molecule has 15 heavy (non-hydrogen) atoms. The molecule has 0 amide bonds. The van der Waals surface area contributed by atoms with Gasteiger partial charge in [0.1, 0.15) is 0 Å². The molecular formula is C12H23N3. The molecule has 0 saturated carbocycles. The Balaban J connectivity index is 1.98. The van der Waals surface area contributed by atoms with Gasteiger partial charge in [0.2, 0.25) is 0 Å². The first-order valence-electron chi connectivity index (χ1n) is 5.86. The van der Waals surface area contributed by atoms with Gasteiger partial charge in [-0.3, -0.25) is 4.68 Å². The van der Waals surface area contributed by atoms with E-state index in [9.17, 15) is 0 Å². The summed E-state index contributed by atoms with van der Waals surface area (Å²) in [6.45, 7) is 6.61. The van der Waals surface area contributed by atoms with Crippen molar-refractivity contribution in [1.82, 2.24) is 15.1 Å². The van der Waals surface area contributed by atoms with Gasteiger partial charge in [0.05, 0.1) is 6.20 Å². The summed E-state index contributed by atoms with van der Waals surface area (Å²) in [4.78, 5) is 0. The van der Waals surface area contributed by atoms with E-state index in [1.54, 1.807) is 0 Å². The molecule has 0 aliphatic carbocycles. The molecule has 0 atom stereocenters. The van der Waals surface area contributed by atoms with Gasteiger partial charge in [0, 0.05) is 25.4 Å². The number of nitrogens with one attached hydrogen (secondary N) is 1. The highest BCUT2D eigenvalue weighted by atomic mass is 15.2. The SMILES string of the molecule is CC(C)CCCCNCc1cnn(C)c1. The number of hydrogen-bond acceptors (Lipinski definition) is 2. The van der Waals surface area contributed by atoms with Crippen molar-refractivity contribution >= 4 is 0 Å². The molecule has 0 saturated heterocycles. The average molecular weight is 209 g/mol. The Morgan fingerprint density at radius 1 is 1.40 bits per heavy atom. The molecule has 1 heterocycles. The van der Waals surface area contributed by atoms with Crippen LogP contribution in [0.25, 0.3) is 0 Å². The quantitative estimate of drug-likeness (QED) is 0.699. The van der Waals surface area contributed by atoms with Crippen LogP contribution in [-0.4, -0.2) is 16.3 Å². The van der Waals surface area contributed by atoms with E-state index in [-0.39, 0.29) is 0 Å². The van der Waals surface area contributed by atoms with Crippen molar-refractivity contribution in [3.05, 3.63) is 18.0 Å². The maximum atomic E-state index is 4.13. The summed E-state index contributed by atoms with van der Waals surface area (Å²) in [5.41, 5.74) is 1.27. The molecule has 0 spiro atoms. The second kappa shape index (κ2) is 6.62. The highest BCUT2D eigenvalue weighted by molar-refractivity contribution is 5.02. The molecule has 1 N–H and O–H groups in total. The minimum Gasteiger partial charge on any atom is -0.313 e. The third-order valence-electron chi connectivity index (χ3n) is 2.47. The van der Waals surface area contributed by atoms with Gasteiger partial charge < -0.3 is 5.32 Å². The first kappa shape index (κ1) is 12.2. The summed E-state index contributed by atoms with van der Waals surface area (Å²) in [5, 5.41) is 7.57. The average Bonchev–Trinajstić information content (AvgIpc) is 2.57. The molecular weight excluding hydrogens is 186 g/mol. The van der Waals surface area contributed by atoms with Crippen molar-refractivity contribution in [2.24, 2.45) is 13.0 Å². The second-order valence-electron chi connectivity index (χ2n) is 4.59. The fraction of sp³-hybridized carbons (Fsp3) is 0.750. The lowest BCUT2D eigenvalue weighted by Crippen LogP contribution is -2.14. The van der Waals surface area contributed by atoms with Crippen molar-refractivity contribution in [3.63, 3.8) is 0 Å². The molecule has 1 aromatic rings. The Morgan fingerprint density at radius 3 is 2.80 bits per heavy atom. The zero-order valence-corrected chi connectivity index (χ0v) is 10.2. The van der Waals surface area contributed by atoms with Crippen LogP contribution < -0.4 is 5.32 Å². The third kappa shape index (κ3) is 5.57. The van der Waals surface area contributed by atoms with E-state index in [2.05, 4.69) is 30.5 Å². The van der Waals surface area contributed by atoms with Gasteiger partial charge in [-0.05, 0) is 18.9 Å². The summed E-state index contributed by atoms with van der Waals surface area (Å²) >= 11 is 0. The highest BCUT2D eigenvalue weighted by Gasteiger charge is 1.96. The predicted molar refractivity (Wildman–Crippen MR) is 63.6 cm³/mol. The molecule has 0 aliphatic rings. The van der Waals surface area contributed by atoms with Crippen LogP contribution in [0.4, 0.5) is 0 Å². The zero-order chi connectivity index (χ0) is 11.1. The Morgan fingerprint density at radius 2 is 2.20 bits per heavy atom. The van der Waals surface area contributed by atoms with Crippen molar-refractivity contribution in [1.29, 1.82) is 0 Å². The number of aryl methyl sites for hydroxylation is 1. The number of aromatic nitrogens is 2. The van der Waals surface area contributed by atoms with Crippen molar-refractivity contribution < 1.29 is 0 Å². The number of hydrogen-bond donors (Lipinski definition) is 1. The van der Waals surface area contributed by atoms with Gasteiger partial charge in [-0.1, -0.05) is 26.7 Å². The standard InChI is InChI=1S/C12H23N3/c1-11(2)6-4-5-7-13-8-12-9-14-15(3)10-12/h9-11,13H,4-8H2,1-3H3. The lowest BCUT2D eigenvalue weighted by Gasteiger charge is -2.05. The topological polar surface area (TPSA) is 29.9 Å². The first-order chi connectivity index (χ1) is 7.18. The Kier molecular flexibility index (Phi) is 5.40. The van der Waals surface area contributed by atoms with E-state index in [4.69, 9.17) is 0 Å². The van der Waals surface area contributed by atoms with Crippen LogP contribution in [0.5, 0.6) is 0 Å². The Bertz CT molecular complexity index is 266. The lowest BCUT2D eigenvalue weighted by molar-refractivity contribution is 0.520. The van der Waals surface area contributed by atoms with E-state index in [0.29, 0.717) is 0 Å². The number of nitrogens with zero attached hydrogens (tertiary/aromatic N) is 2. The molecule has 1 aromatic heterocycles. The molecule has 86 valence electrons. The third-order valence-corrected chi connectivity index (χ3v) is 2.47. The lowest BCUT2D eigenvalue weighted by atomic mass is 10.1. The van der Waals surface area contributed by atoms with E-state index in [1.165, 1.54) is 24.8 Å². The Labute approximate surface area is 92.9 Å². The van der Waals surface area contributed by atoms with Crippen LogP contribution in [0.2, 0.25) is 0 Å². The summed E-state index contributed by atoms with van der Waals surface area (Å²) in [5.74, 6) is 0.836. The maximum absolute atomic E-state index is 4.13. The van der Waals surface area contributed by atoms with Crippen molar-refractivity contribution in [3.8, 4) is 0 Å². The smallest absolute Gasteiger partial charge is 0.0534 e. The minimum absolute atomic E-state index is 0.836. The summed E-state index contributed by atoms with van der Waals surface area (Å²) in [6.07, 6.45) is 7.92. The molecule has 0 fully saturated rings. The van der Waals surface area contributed by atoms with Crippen molar-refractivity contribution in [2.75, 3.05) is 6.54 Å². The molecule has 0 radical (unpaired) electrons. The summed E-state index contributed by atoms with van der Waals surface area (Å²) < 4.78 is 1.84. The molecule has 0 bridgehead atoms. The van der Waals surface area contributed by atoms with E-state index in [1.807, 2.05) is 17.9 Å². The second-order valence-corrected chi connectivity index (χ2v) is 4.59. The van der Waals surface area contributed by atoms with Gasteiger partial charge in [-0.15, -0.1) is 0 Å². The molecule has 0 aromatic carbocycles. The number of unbranched alkanes of at least 4 members (excludes halogenated alkanes) is 1. The van der Waals surface area contributed by atoms with E-state index in [0.717, 1.165) is 19.0 Å². The normalized spacial score (nSPS) is 11.2. The van der Waals surface area contributed by atoms with Gasteiger partial charge in [-0.2, -0.15) is 5.10 Å². The zero-order valence-electron chi connectivity index (χ0n) is 10.2. The molecule has 0 aliphatic heterocycles. The van der Waals surface area contributed by atoms with Crippen LogP contribution >= 0.6 is 0 Å². The first-order valence-corrected chi connectivity index (χ1v) is 5.86. The predicted octanol–water partition coefficient (Wildman–Crippen LogP) is 2.34. The van der Waals surface area contributed by atoms with Crippen LogP contribution in [-0.2, 0) is 13.6 Å². The van der Waals surface area contributed by atoms with Crippen LogP contribution in [0.3, 0.4) is 0 Å². The molecule has 3 heteroatoms. The fourth-order valence-electron chi connectivity index (χ4n) is 1.60. The highest BCUT2D eigenvalue weighted by Crippen LogP contribution is 2.05. The van der Waals surface area contributed by atoms with Gasteiger partial charge >= 0.3 is 0 Å². The molecule has 1 rings (SSSR count). The number of rotatable bonds is 7. The van der Waals surface area contributed by atoms with Gasteiger partial charge in [0.25, 0.3) is 0 Å². The van der Waals surface area contributed by atoms with Gasteiger partial charge in [0.15, 0.2) is 0 Å². The summed E-state index contributed by atoms with van der Waals surface area (Å²) in [7, 11) is 1.95. The molecule has 0 unspecified atom stereocenters. The molecule has 3 nitrogen and oxygen atoms in total. The summed E-state index contributed by atoms with van der Waals surface area (Å²) in [6, 6.07) is 0. The maximum Gasteiger partial charge on any atom is 0.0534 e. The fourth-order valence-corrected chi connectivity index (χ4v) is 1.60. The van der Waals surface area contributed by atoms with Crippen LogP contribution in [0.15, 0.2) is 12.4 Å². The minimum atomic E-state index is 0.836. The van der Waals surface area contributed by atoms with E-state index < -0.39 is 0 Å². The largest absolute Gasteiger partial charge is 0.313 e. The van der Waals surface area contributed by atoms with E-state index >= 15 is 0 Å². The van der Waals surface area contributed by atoms with Crippen LogP contribution in [0, 0.1) is 5.92 Å². The Hall–Kier alpha value is -0.830. The van der Waals surface area contributed by atoms with Gasteiger partial charge in [-0.25, -0.2) is 0 Å².